The Labute approximate surface area is 150 Å². The minimum atomic E-state index is -0.893. The fourth-order valence-corrected chi connectivity index (χ4v) is 2.11. The van der Waals surface area contributed by atoms with Gasteiger partial charge in [0.25, 0.3) is 11.8 Å². The zero-order chi connectivity index (χ0) is 18.9. The molecule has 2 aromatic rings. The Morgan fingerprint density at radius 1 is 1.23 bits per heavy atom. The number of furan rings is 1. The minimum absolute atomic E-state index is 0.00981. The van der Waals surface area contributed by atoms with E-state index in [-0.39, 0.29) is 30.6 Å². The van der Waals surface area contributed by atoms with E-state index in [1.165, 1.54) is 11.2 Å². The molecule has 0 unspecified atom stereocenters. The summed E-state index contributed by atoms with van der Waals surface area (Å²) in [5, 5.41) is 11.3. The molecule has 0 fully saturated rings. The van der Waals surface area contributed by atoms with Crippen molar-refractivity contribution in [3.05, 3.63) is 48.4 Å². The first-order valence-corrected chi connectivity index (χ1v) is 7.99. The summed E-state index contributed by atoms with van der Waals surface area (Å²) < 4.78 is 10.5. The highest BCUT2D eigenvalue weighted by atomic mass is 16.5. The highest BCUT2D eigenvalue weighted by Crippen LogP contribution is 2.18. The lowest BCUT2D eigenvalue weighted by Gasteiger charge is -2.17. The van der Waals surface area contributed by atoms with Crippen LogP contribution in [0.5, 0.6) is 5.75 Å². The number of benzene rings is 1. The van der Waals surface area contributed by atoms with Gasteiger partial charge in [0.05, 0.1) is 6.26 Å². The summed E-state index contributed by atoms with van der Waals surface area (Å²) in [5.41, 5.74) is 0.506. The second-order valence-electron chi connectivity index (χ2n) is 5.56. The first-order chi connectivity index (χ1) is 12.5. The lowest BCUT2D eigenvalue weighted by Crippen LogP contribution is -2.32. The van der Waals surface area contributed by atoms with Gasteiger partial charge in [0.2, 0.25) is 0 Å². The summed E-state index contributed by atoms with van der Waals surface area (Å²) in [4.78, 5) is 35.8. The van der Waals surface area contributed by atoms with Crippen LogP contribution in [0.2, 0.25) is 0 Å². The van der Waals surface area contributed by atoms with Gasteiger partial charge in [-0.1, -0.05) is 6.07 Å². The molecule has 26 heavy (non-hydrogen) atoms. The Morgan fingerprint density at radius 3 is 2.73 bits per heavy atom. The van der Waals surface area contributed by atoms with E-state index in [2.05, 4.69) is 5.32 Å². The summed E-state index contributed by atoms with van der Waals surface area (Å²) in [7, 11) is 1.59. The maximum absolute atomic E-state index is 12.0. The van der Waals surface area contributed by atoms with Gasteiger partial charge in [-0.3, -0.25) is 14.4 Å². The van der Waals surface area contributed by atoms with E-state index in [9.17, 15) is 14.4 Å². The maximum atomic E-state index is 12.0. The largest absolute Gasteiger partial charge is 0.484 e. The molecule has 2 amide bonds. The SMILES string of the molecule is CN(CCCC(=O)O)C(=O)COc1cccc(NC(=O)c2ccco2)c1. The van der Waals surface area contributed by atoms with Crippen molar-refractivity contribution in [1.29, 1.82) is 0 Å². The van der Waals surface area contributed by atoms with Crippen LogP contribution in [0.1, 0.15) is 23.4 Å². The number of hydrogen-bond donors (Lipinski definition) is 2. The smallest absolute Gasteiger partial charge is 0.303 e. The second-order valence-corrected chi connectivity index (χ2v) is 5.56. The zero-order valence-corrected chi connectivity index (χ0v) is 14.3. The van der Waals surface area contributed by atoms with E-state index in [0.717, 1.165) is 0 Å². The summed E-state index contributed by atoms with van der Waals surface area (Å²) >= 11 is 0. The van der Waals surface area contributed by atoms with E-state index >= 15 is 0 Å². The Hall–Kier alpha value is -3.29. The highest BCUT2D eigenvalue weighted by molar-refractivity contribution is 6.02. The van der Waals surface area contributed by atoms with E-state index in [1.807, 2.05) is 0 Å². The fourth-order valence-electron chi connectivity index (χ4n) is 2.11. The van der Waals surface area contributed by atoms with Gasteiger partial charge >= 0.3 is 5.97 Å². The van der Waals surface area contributed by atoms with Crippen molar-refractivity contribution < 1.29 is 28.6 Å². The first kappa shape index (κ1) is 19.0. The van der Waals surface area contributed by atoms with E-state index in [0.29, 0.717) is 24.4 Å². The van der Waals surface area contributed by atoms with Crippen LogP contribution in [-0.4, -0.2) is 48.0 Å². The Kier molecular flexibility index (Phi) is 6.78. The molecule has 0 aliphatic heterocycles. The van der Waals surface area contributed by atoms with Crippen LogP contribution in [-0.2, 0) is 9.59 Å². The molecule has 0 aliphatic carbocycles. The van der Waals surface area contributed by atoms with Crippen molar-refractivity contribution in [3.8, 4) is 5.75 Å². The molecule has 8 heteroatoms. The van der Waals surface area contributed by atoms with Crippen molar-refractivity contribution in [2.24, 2.45) is 0 Å². The third-order valence-electron chi connectivity index (χ3n) is 3.51. The number of amides is 2. The molecule has 1 aromatic heterocycles. The fraction of sp³-hybridized carbons (Fsp3) is 0.278. The number of carboxylic acids is 1. The van der Waals surface area contributed by atoms with Crippen molar-refractivity contribution in [2.75, 3.05) is 25.5 Å². The molecule has 2 rings (SSSR count). The van der Waals surface area contributed by atoms with E-state index < -0.39 is 5.97 Å². The molecule has 0 spiro atoms. The van der Waals surface area contributed by atoms with Gasteiger partial charge in [-0.2, -0.15) is 0 Å². The quantitative estimate of drug-likeness (QED) is 0.710. The molecule has 0 saturated carbocycles. The third kappa shape index (κ3) is 5.97. The molecule has 1 aromatic carbocycles. The average molecular weight is 360 g/mol. The number of carbonyl (C=O) groups excluding carboxylic acids is 2. The van der Waals surface area contributed by atoms with Gasteiger partial charge in [-0.25, -0.2) is 0 Å². The lowest BCUT2D eigenvalue weighted by molar-refractivity contribution is -0.138. The number of aliphatic carboxylic acids is 1. The number of rotatable bonds is 9. The number of ether oxygens (including phenoxy) is 1. The summed E-state index contributed by atoms with van der Waals surface area (Å²) in [6.45, 7) is 0.160. The molecule has 0 bridgehead atoms. The molecule has 1 heterocycles. The van der Waals surface area contributed by atoms with Gasteiger partial charge in [0, 0.05) is 31.8 Å². The third-order valence-corrected chi connectivity index (χ3v) is 3.51. The number of nitrogens with one attached hydrogen (secondary N) is 1. The molecule has 2 N–H and O–H groups in total. The molecular formula is C18H20N2O6. The highest BCUT2D eigenvalue weighted by Gasteiger charge is 2.12. The minimum Gasteiger partial charge on any atom is -0.484 e. The average Bonchev–Trinajstić information content (AvgIpc) is 3.14. The zero-order valence-electron chi connectivity index (χ0n) is 14.3. The Balaban J connectivity index is 1.83. The van der Waals surface area contributed by atoms with E-state index in [1.54, 1.807) is 43.4 Å². The second kappa shape index (κ2) is 9.26. The van der Waals surface area contributed by atoms with Crippen LogP contribution >= 0.6 is 0 Å². The van der Waals surface area contributed by atoms with Crippen molar-refractivity contribution in [2.45, 2.75) is 12.8 Å². The molecule has 0 aliphatic rings. The molecule has 0 atom stereocenters. The van der Waals surface area contributed by atoms with Crippen LogP contribution < -0.4 is 10.1 Å². The van der Waals surface area contributed by atoms with Gasteiger partial charge < -0.3 is 24.5 Å². The van der Waals surface area contributed by atoms with Gasteiger partial charge in [-0.05, 0) is 30.7 Å². The molecule has 0 radical (unpaired) electrons. The standard InChI is InChI=1S/C18H20N2O6/c1-20(9-3-8-17(22)23)16(21)12-26-14-6-2-5-13(11-14)19-18(24)15-7-4-10-25-15/h2,4-7,10-11H,3,8-9,12H2,1H3,(H,19,24)(H,22,23). The summed E-state index contributed by atoms with van der Waals surface area (Å²) in [6.07, 6.45) is 1.80. The first-order valence-electron chi connectivity index (χ1n) is 7.99. The number of hydrogen-bond acceptors (Lipinski definition) is 5. The predicted octanol–water partition coefficient (Wildman–Crippen LogP) is 2.23. The van der Waals surface area contributed by atoms with Crippen molar-refractivity contribution in [3.63, 3.8) is 0 Å². The Bertz CT molecular complexity index is 757. The predicted molar refractivity (Wildman–Crippen MR) is 93.1 cm³/mol. The van der Waals surface area contributed by atoms with Crippen LogP contribution in [0.15, 0.2) is 47.1 Å². The summed E-state index contributed by atoms with van der Waals surface area (Å²) in [5.74, 6) is -0.929. The van der Waals surface area contributed by atoms with Crippen molar-refractivity contribution >= 4 is 23.5 Å². The van der Waals surface area contributed by atoms with Crippen LogP contribution in [0.25, 0.3) is 0 Å². The molecule has 0 saturated heterocycles. The molecule has 138 valence electrons. The van der Waals surface area contributed by atoms with Crippen LogP contribution in [0, 0.1) is 0 Å². The van der Waals surface area contributed by atoms with Crippen LogP contribution in [0.4, 0.5) is 5.69 Å². The van der Waals surface area contributed by atoms with Gasteiger partial charge in [-0.15, -0.1) is 0 Å². The molecule has 8 nitrogen and oxygen atoms in total. The normalized spacial score (nSPS) is 10.2. The lowest BCUT2D eigenvalue weighted by atomic mass is 10.3. The number of nitrogens with zero attached hydrogens (tertiary/aromatic N) is 1. The van der Waals surface area contributed by atoms with Gasteiger partial charge in [0.1, 0.15) is 5.75 Å². The number of anilines is 1. The van der Waals surface area contributed by atoms with Crippen molar-refractivity contribution in [1.82, 2.24) is 4.90 Å². The van der Waals surface area contributed by atoms with Gasteiger partial charge in [0.15, 0.2) is 12.4 Å². The number of carboxylic acid groups (broad SMARTS) is 1. The molecular weight excluding hydrogens is 340 g/mol. The Morgan fingerprint density at radius 2 is 2.04 bits per heavy atom. The topological polar surface area (TPSA) is 109 Å². The number of likely N-dealkylation sites (N-methyl/N-ethyl adjacent to an activating group) is 1. The van der Waals surface area contributed by atoms with Crippen LogP contribution in [0.3, 0.4) is 0 Å². The number of carbonyl (C=O) groups is 3. The summed E-state index contributed by atoms with van der Waals surface area (Å²) in [6, 6.07) is 9.81. The van der Waals surface area contributed by atoms with E-state index in [4.69, 9.17) is 14.3 Å². The maximum Gasteiger partial charge on any atom is 0.303 e. The monoisotopic (exact) mass is 360 g/mol.